The molecule has 1 N–H and O–H groups in total. The van der Waals surface area contributed by atoms with Crippen molar-refractivity contribution in [2.45, 2.75) is 12.8 Å². The molecule has 0 aliphatic heterocycles. The van der Waals surface area contributed by atoms with Crippen LogP contribution in [0.5, 0.6) is 0 Å². The second-order valence-corrected chi connectivity index (χ2v) is 6.95. The summed E-state index contributed by atoms with van der Waals surface area (Å²) in [4.78, 5) is 25.6. The van der Waals surface area contributed by atoms with Gasteiger partial charge in [0.05, 0.1) is 12.8 Å². The maximum absolute atomic E-state index is 12.3. The number of amides is 2. The SMILES string of the molecule is CN(C)C(=O)Cc1ccc(NC(=O)Cc2ccc(-c3ccccc3)cc2)cc1. The number of nitrogens with one attached hydrogen (secondary N) is 1. The van der Waals surface area contributed by atoms with Crippen LogP contribution in [-0.4, -0.2) is 30.8 Å². The minimum absolute atomic E-state index is 0.0516. The van der Waals surface area contributed by atoms with Crippen LogP contribution in [0.2, 0.25) is 0 Å². The predicted octanol–water partition coefficient (Wildman–Crippen LogP) is 4.17. The Kier molecular flexibility index (Phi) is 6.22. The van der Waals surface area contributed by atoms with Gasteiger partial charge in [-0.25, -0.2) is 0 Å². The Morgan fingerprint density at radius 1 is 0.714 bits per heavy atom. The molecule has 3 rings (SSSR count). The Morgan fingerprint density at radius 2 is 1.25 bits per heavy atom. The van der Waals surface area contributed by atoms with Crippen LogP contribution in [0, 0.1) is 0 Å². The molecule has 4 nitrogen and oxygen atoms in total. The Labute approximate surface area is 165 Å². The summed E-state index contributed by atoms with van der Waals surface area (Å²) < 4.78 is 0. The van der Waals surface area contributed by atoms with Gasteiger partial charge in [-0.1, -0.05) is 66.7 Å². The van der Waals surface area contributed by atoms with Crippen molar-refractivity contribution in [3.05, 3.63) is 90.0 Å². The molecule has 0 saturated heterocycles. The van der Waals surface area contributed by atoms with Gasteiger partial charge in [0.15, 0.2) is 0 Å². The van der Waals surface area contributed by atoms with E-state index in [0.717, 1.165) is 27.9 Å². The zero-order chi connectivity index (χ0) is 19.9. The second-order valence-electron chi connectivity index (χ2n) is 6.95. The van der Waals surface area contributed by atoms with Gasteiger partial charge < -0.3 is 10.2 Å². The van der Waals surface area contributed by atoms with E-state index in [1.807, 2.05) is 66.7 Å². The third-order valence-corrected chi connectivity index (χ3v) is 4.52. The van der Waals surface area contributed by atoms with Crippen LogP contribution >= 0.6 is 0 Å². The summed E-state index contributed by atoms with van der Waals surface area (Å²) in [5.41, 5.74) is 4.91. The normalized spacial score (nSPS) is 10.4. The van der Waals surface area contributed by atoms with E-state index in [4.69, 9.17) is 0 Å². The lowest BCUT2D eigenvalue weighted by Crippen LogP contribution is -2.23. The van der Waals surface area contributed by atoms with Crippen molar-refractivity contribution in [3.8, 4) is 11.1 Å². The Morgan fingerprint density at radius 3 is 1.86 bits per heavy atom. The molecule has 0 fully saturated rings. The lowest BCUT2D eigenvalue weighted by Gasteiger charge is -2.11. The van der Waals surface area contributed by atoms with E-state index in [9.17, 15) is 9.59 Å². The van der Waals surface area contributed by atoms with Crippen molar-refractivity contribution in [3.63, 3.8) is 0 Å². The topological polar surface area (TPSA) is 49.4 Å². The van der Waals surface area contributed by atoms with Crippen LogP contribution in [-0.2, 0) is 22.4 Å². The first-order valence-electron chi connectivity index (χ1n) is 9.24. The largest absolute Gasteiger partial charge is 0.349 e. The van der Waals surface area contributed by atoms with Crippen LogP contribution in [0.3, 0.4) is 0 Å². The number of likely N-dealkylation sites (N-methyl/N-ethyl adjacent to an activating group) is 1. The van der Waals surface area contributed by atoms with Gasteiger partial charge in [-0.05, 0) is 34.4 Å². The predicted molar refractivity (Wildman–Crippen MR) is 113 cm³/mol. The zero-order valence-corrected chi connectivity index (χ0v) is 16.2. The quantitative estimate of drug-likeness (QED) is 0.706. The van der Waals surface area contributed by atoms with Crippen molar-refractivity contribution in [2.24, 2.45) is 0 Å². The van der Waals surface area contributed by atoms with Crippen LogP contribution in [0.4, 0.5) is 5.69 Å². The Balaban J connectivity index is 1.56. The highest BCUT2D eigenvalue weighted by atomic mass is 16.2. The second kappa shape index (κ2) is 9.00. The summed E-state index contributed by atoms with van der Waals surface area (Å²) in [5, 5.41) is 2.91. The van der Waals surface area contributed by atoms with E-state index in [-0.39, 0.29) is 11.8 Å². The van der Waals surface area contributed by atoms with Gasteiger partial charge in [-0.15, -0.1) is 0 Å². The van der Waals surface area contributed by atoms with Crippen molar-refractivity contribution in [1.29, 1.82) is 0 Å². The number of carbonyl (C=O) groups is 2. The molecule has 0 saturated carbocycles. The van der Waals surface area contributed by atoms with Gasteiger partial charge in [0.25, 0.3) is 0 Å². The average Bonchev–Trinajstić information content (AvgIpc) is 2.70. The summed E-state index contributed by atoms with van der Waals surface area (Å²) in [7, 11) is 3.48. The maximum Gasteiger partial charge on any atom is 0.228 e. The van der Waals surface area contributed by atoms with Crippen LogP contribution in [0.1, 0.15) is 11.1 Å². The highest BCUT2D eigenvalue weighted by Crippen LogP contribution is 2.19. The van der Waals surface area contributed by atoms with Gasteiger partial charge in [0, 0.05) is 19.8 Å². The number of anilines is 1. The summed E-state index contributed by atoms with van der Waals surface area (Å²) in [5.74, 6) is -0.0136. The number of hydrogen-bond acceptors (Lipinski definition) is 2. The zero-order valence-electron chi connectivity index (χ0n) is 16.2. The highest BCUT2D eigenvalue weighted by Gasteiger charge is 2.07. The van der Waals surface area contributed by atoms with Crippen molar-refractivity contribution in [2.75, 3.05) is 19.4 Å². The van der Waals surface area contributed by atoms with E-state index in [1.54, 1.807) is 19.0 Å². The van der Waals surface area contributed by atoms with E-state index < -0.39 is 0 Å². The fourth-order valence-electron chi connectivity index (χ4n) is 2.87. The van der Waals surface area contributed by atoms with Gasteiger partial charge in [-0.3, -0.25) is 9.59 Å². The number of benzene rings is 3. The summed E-state index contributed by atoms with van der Waals surface area (Å²) >= 11 is 0. The molecule has 0 radical (unpaired) electrons. The highest BCUT2D eigenvalue weighted by molar-refractivity contribution is 5.92. The first-order valence-corrected chi connectivity index (χ1v) is 9.24. The molecule has 3 aromatic carbocycles. The van der Waals surface area contributed by atoms with E-state index in [1.165, 1.54) is 0 Å². The molecule has 28 heavy (non-hydrogen) atoms. The van der Waals surface area contributed by atoms with Crippen molar-refractivity contribution in [1.82, 2.24) is 4.90 Å². The first-order chi connectivity index (χ1) is 13.5. The van der Waals surface area contributed by atoms with Gasteiger partial charge in [-0.2, -0.15) is 0 Å². The van der Waals surface area contributed by atoms with Crippen molar-refractivity contribution < 1.29 is 9.59 Å². The number of nitrogens with zero attached hydrogens (tertiary/aromatic N) is 1. The lowest BCUT2D eigenvalue weighted by molar-refractivity contribution is -0.128. The molecular formula is C24H24N2O2. The van der Waals surface area contributed by atoms with Crippen LogP contribution in [0.15, 0.2) is 78.9 Å². The van der Waals surface area contributed by atoms with Gasteiger partial charge in [0.2, 0.25) is 11.8 Å². The minimum Gasteiger partial charge on any atom is -0.349 e. The molecule has 0 heterocycles. The third kappa shape index (κ3) is 5.30. The molecule has 3 aromatic rings. The van der Waals surface area contributed by atoms with Crippen LogP contribution < -0.4 is 5.32 Å². The molecule has 0 aliphatic rings. The molecule has 0 aliphatic carbocycles. The summed E-state index contributed by atoms with van der Waals surface area (Å²) in [6.45, 7) is 0. The van der Waals surface area contributed by atoms with E-state index in [0.29, 0.717) is 12.8 Å². The lowest BCUT2D eigenvalue weighted by atomic mass is 10.0. The monoisotopic (exact) mass is 372 g/mol. The maximum atomic E-state index is 12.3. The molecule has 0 spiro atoms. The van der Waals surface area contributed by atoms with Crippen molar-refractivity contribution >= 4 is 17.5 Å². The molecule has 0 bridgehead atoms. The number of hydrogen-bond donors (Lipinski definition) is 1. The molecular weight excluding hydrogens is 348 g/mol. The molecule has 0 unspecified atom stereocenters. The fourth-order valence-corrected chi connectivity index (χ4v) is 2.87. The molecule has 0 atom stereocenters. The molecule has 0 aromatic heterocycles. The summed E-state index contributed by atoms with van der Waals surface area (Å²) in [6.07, 6.45) is 0.672. The first kappa shape index (κ1) is 19.4. The summed E-state index contributed by atoms with van der Waals surface area (Å²) in [6, 6.07) is 25.6. The molecule has 4 heteroatoms. The fraction of sp³-hybridized carbons (Fsp3) is 0.167. The Hall–Kier alpha value is -3.40. The standard InChI is InChI=1S/C24H24N2O2/c1-26(2)24(28)17-19-10-14-22(15-11-19)25-23(27)16-18-8-12-21(13-9-18)20-6-4-3-5-7-20/h3-15H,16-17H2,1-2H3,(H,25,27). The smallest absolute Gasteiger partial charge is 0.228 e. The average molecular weight is 372 g/mol. The van der Waals surface area contributed by atoms with E-state index >= 15 is 0 Å². The minimum atomic E-state index is -0.0652. The number of carbonyl (C=O) groups excluding carboxylic acids is 2. The van der Waals surface area contributed by atoms with Gasteiger partial charge >= 0.3 is 0 Å². The van der Waals surface area contributed by atoms with E-state index in [2.05, 4.69) is 17.4 Å². The molecule has 142 valence electrons. The Bertz CT molecular complexity index is 931. The third-order valence-electron chi connectivity index (χ3n) is 4.52. The van der Waals surface area contributed by atoms with Crippen LogP contribution in [0.25, 0.3) is 11.1 Å². The van der Waals surface area contributed by atoms with Gasteiger partial charge in [0.1, 0.15) is 0 Å². The number of rotatable bonds is 6. The molecule has 2 amide bonds.